The van der Waals surface area contributed by atoms with Crippen LogP contribution in [0.4, 0.5) is 17.1 Å². The van der Waals surface area contributed by atoms with Gasteiger partial charge in [0.15, 0.2) is 0 Å². The molecule has 0 saturated carbocycles. The molecular formula is C40H23NOS2. The smallest absolute Gasteiger partial charge is 0.136 e. The average Bonchev–Trinajstić information content (AvgIpc) is 3.75. The molecule has 0 radical (unpaired) electrons. The predicted molar refractivity (Wildman–Crippen MR) is 192 cm³/mol. The van der Waals surface area contributed by atoms with Crippen LogP contribution in [0.5, 0.6) is 0 Å². The van der Waals surface area contributed by atoms with Gasteiger partial charge in [-0.2, -0.15) is 0 Å². The summed E-state index contributed by atoms with van der Waals surface area (Å²) in [5.41, 5.74) is 5.22. The van der Waals surface area contributed by atoms with Crippen LogP contribution in [0.25, 0.3) is 73.1 Å². The lowest BCUT2D eigenvalue weighted by atomic mass is 10.0. The Kier molecular flexibility index (Phi) is 5.06. The predicted octanol–water partition coefficient (Wildman–Crippen LogP) is 12.9. The highest BCUT2D eigenvalue weighted by Crippen LogP contribution is 2.45. The van der Waals surface area contributed by atoms with E-state index in [2.05, 4.69) is 132 Å². The van der Waals surface area contributed by atoms with Crippen LogP contribution >= 0.6 is 22.7 Å². The molecule has 0 aliphatic heterocycles. The molecule has 0 unspecified atom stereocenters. The van der Waals surface area contributed by atoms with Crippen LogP contribution in [0, 0.1) is 0 Å². The molecule has 0 aliphatic rings. The first-order chi connectivity index (χ1) is 21.8. The Balaban J connectivity index is 1.28. The van der Waals surface area contributed by atoms with Crippen molar-refractivity contribution in [2.45, 2.75) is 0 Å². The third-order valence-corrected chi connectivity index (χ3v) is 11.1. The number of fused-ring (bicyclic) bond motifs is 10. The van der Waals surface area contributed by atoms with Gasteiger partial charge in [-0.3, -0.25) is 0 Å². The molecule has 10 aromatic rings. The lowest BCUT2D eigenvalue weighted by Crippen LogP contribution is -2.10. The summed E-state index contributed by atoms with van der Waals surface area (Å²) < 4.78 is 11.6. The van der Waals surface area contributed by atoms with Gasteiger partial charge in [0.05, 0.1) is 5.69 Å². The SMILES string of the molecule is c1cc(N(c2ccc3sc4ccccc4c3c2)c2ccc3sc4ccccc4c3c2)c2cc3oc4ccccc4c3cc2c1. The quantitative estimate of drug-likeness (QED) is 0.201. The Labute approximate surface area is 260 Å². The fraction of sp³-hybridized carbons (Fsp3) is 0. The molecule has 7 aromatic carbocycles. The highest BCUT2D eigenvalue weighted by atomic mass is 32.1. The summed E-state index contributed by atoms with van der Waals surface area (Å²) in [6, 6.07) is 50.7. The monoisotopic (exact) mass is 597 g/mol. The van der Waals surface area contributed by atoms with Gasteiger partial charge in [-0.05, 0) is 78.2 Å². The molecule has 3 aromatic heterocycles. The lowest BCUT2D eigenvalue weighted by Gasteiger charge is -2.27. The second-order valence-electron chi connectivity index (χ2n) is 11.3. The molecule has 2 nitrogen and oxygen atoms in total. The summed E-state index contributed by atoms with van der Waals surface area (Å²) >= 11 is 3.71. The summed E-state index contributed by atoms with van der Waals surface area (Å²) in [5.74, 6) is 0. The van der Waals surface area contributed by atoms with E-state index in [1.807, 2.05) is 34.8 Å². The van der Waals surface area contributed by atoms with E-state index in [4.69, 9.17) is 4.42 Å². The third-order valence-electron chi connectivity index (χ3n) is 8.83. The number of benzene rings is 7. The summed E-state index contributed by atoms with van der Waals surface area (Å²) in [5, 5.41) is 9.82. The zero-order valence-electron chi connectivity index (χ0n) is 23.5. The summed E-state index contributed by atoms with van der Waals surface area (Å²) in [7, 11) is 0. The van der Waals surface area contributed by atoms with Crippen LogP contribution in [0.1, 0.15) is 0 Å². The number of furan rings is 1. The van der Waals surface area contributed by atoms with Gasteiger partial charge in [-0.25, -0.2) is 0 Å². The zero-order chi connectivity index (χ0) is 28.8. The molecule has 0 fully saturated rings. The van der Waals surface area contributed by atoms with Crippen molar-refractivity contribution in [2.75, 3.05) is 4.90 Å². The first-order valence-corrected chi connectivity index (χ1v) is 16.4. The molecular weight excluding hydrogens is 575 g/mol. The molecule has 0 spiro atoms. The summed E-state index contributed by atoms with van der Waals surface area (Å²) in [6.07, 6.45) is 0. The van der Waals surface area contributed by atoms with Crippen LogP contribution in [-0.2, 0) is 0 Å². The van der Waals surface area contributed by atoms with Gasteiger partial charge in [0.25, 0.3) is 0 Å². The largest absolute Gasteiger partial charge is 0.456 e. The molecule has 0 bridgehead atoms. The molecule has 44 heavy (non-hydrogen) atoms. The Morgan fingerprint density at radius 3 is 1.66 bits per heavy atom. The van der Waals surface area contributed by atoms with E-state index in [0.29, 0.717) is 0 Å². The summed E-state index contributed by atoms with van der Waals surface area (Å²) in [6.45, 7) is 0. The summed E-state index contributed by atoms with van der Waals surface area (Å²) in [4.78, 5) is 2.43. The third kappa shape index (κ3) is 3.53. The van der Waals surface area contributed by atoms with E-state index < -0.39 is 0 Å². The van der Waals surface area contributed by atoms with Crippen LogP contribution in [0.3, 0.4) is 0 Å². The molecule has 0 amide bonds. The van der Waals surface area contributed by atoms with Crippen LogP contribution in [0.2, 0.25) is 0 Å². The van der Waals surface area contributed by atoms with E-state index in [9.17, 15) is 0 Å². The van der Waals surface area contributed by atoms with E-state index in [1.54, 1.807) is 0 Å². The van der Waals surface area contributed by atoms with Crippen LogP contribution in [0.15, 0.2) is 144 Å². The van der Waals surface area contributed by atoms with E-state index in [0.717, 1.165) is 44.4 Å². The molecule has 10 rings (SSSR count). The first-order valence-electron chi connectivity index (χ1n) is 14.8. The zero-order valence-corrected chi connectivity index (χ0v) is 25.1. The lowest BCUT2D eigenvalue weighted by molar-refractivity contribution is 0.669. The number of hydrogen-bond donors (Lipinski definition) is 0. The Morgan fingerprint density at radius 2 is 0.977 bits per heavy atom. The van der Waals surface area contributed by atoms with Crippen molar-refractivity contribution in [3.8, 4) is 0 Å². The highest BCUT2D eigenvalue weighted by molar-refractivity contribution is 7.26. The maximum Gasteiger partial charge on any atom is 0.136 e. The van der Waals surface area contributed by atoms with Gasteiger partial charge in [0.1, 0.15) is 11.2 Å². The van der Waals surface area contributed by atoms with Crippen molar-refractivity contribution in [1.82, 2.24) is 0 Å². The molecule has 206 valence electrons. The molecule has 0 aliphatic carbocycles. The first kappa shape index (κ1) is 24.3. The number of thiophene rings is 2. The number of hydrogen-bond acceptors (Lipinski definition) is 4. The number of anilines is 3. The Bertz CT molecular complexity index is 2630. The van der Waals surface area contributed by atoms with Crippen LogP contribution in [-0.4, -0.2) is 0 Å². The van der Waals surface area contributed by atoms with Gasteiger partial charge in [0.2, 0.25) is 0 Å². The fourth-order valence-electron chi connectivity index (χ4n) is 6.81. The highest BCUT2D eigenvalue weighted by Gasteiger charge is 2.19. The topological polar surface area (TPSA) is 16.4 Å². The van der Waals surface area contributed by atoms with Crippen molar-refractivity contribution in [3.63, 3.8) is 0 Å². The van der Waals surface area contributed by atoms with Gasteiger partial charge in [-0.1, -0.05) is 66.7 Å². The van der Waals surface area contributed by atoms with Gasteiger partial charge in [0, 0.05) is 67.9 Å². The van der Waals surface area contributed by atoms with Crippen molar-refractivity contribution >= 4 is 113 Å². The number of rotatable bonds is 3. The van der Waals surface area contributed by atoms with Gasteiger partial charge >= 0.3 is 0 Å². The second-order valence-corrected chi connectivity index (χ2v) is 13.5. The van der Waals surface area contributed by atoms with E-state index in [-0.39, 0.29) is 0 Å². The van der Waals surface area contributed by atoms with Crippen molar-refractivity contribution in [1.29, 1.82) is 0 Å². The molecule has 0 saturated heterocycles. The van der Waals surface area contributed by atoms with Crippen molar-refractivity contribution in [3.05, 3.63) is 140 Å². The van der Waals surface area contributed by atoms with E-state index >= 15 is 0 Å². The normalized spacial score (nSPS) is 12.1. The average molecular weight is 598 g/mol. The molecule has 0 atom stereocenters. The molecule has 0 N–H and O–H groups in total. The number of nitrogens with zero attached hydrogens (tertiary/aromatic N) is 1. The van der Waals surface area contributed by atoms with Gasteiger partial charge in [-0.15, -0.1) is 22.7 Å². The maximum absolute atomic E-state index is 6.38. The number of para-hydroxylation sites is 1. The minimum atomic E-state index is 0.907. The minimum absolute atomic E-state index is 0.907. The molecule has 4 heteroatoms. The standard InChI is InChI=1S/C40H23NOS2/c1-4-13-35-27(9-1)31-20-24-8-7-12-34(30(24)23-36(31)42-35)41(25-16-18-39-32(21-25)28-10-2-5-14-37(28)43-39)26-17-19-40-33(22-26)29-11-3-6-15-38(29)44-40/h1-23H. The van der Waals surface area contributed by atoms with Crippen molar-refractivity contribution in [2.24, 2.45) is 0 Å². The van der Waals surface area contributed by atoms with E-state index in [1.165, 1.54) is 45.7 Å². The van der Waals surface area contributed by atoms with Crippen LogP contribution < -0.4 is 4.90 Å². The van der Waals surface area contributed by atoms with Gasteiger partial charge < -0.3 is 9.32 Å². The second kappa shape index (κ2) is 9.17. The minimum Gasteiger partial charge on any atom is -0.456 e. The fourth-order valence-corrected chi connectivity index (χ4v) is 8.98. The Hall–Kier alpha value is -5.16. The van der Waals surface area contributed by atoms with Crippen molar-refractivity contribution < 1.29 is 4.42 Å². The maximum atomic E-state index is 6.38. The molecule has 3 heterocycles. The Morgan fingerprint density at radius 1 is 0.386 bits per heavy atom.